The summed E-state index contributed by atoms with van der Waals surface area (Å²) in [6.45, 7) is 7.63. The topological polar surface area (TPSA) is 78.9 Å². The molecule has 6 heteroatoms. The highest BCUT2D eigenvalue weighted by molar-refractivity contribution is 5.86. The number of rotatable bonds is 5. The molecule has 7 atom stereocenters. The summed E-state index contributed by atoms with van der Waals surface area (Å²) >= 11 is 0. The van der Waals surface area contributed by atoms with Crippen molar-refractivity contribution < 1.29 is 28.6 Å². The molecule has 4 rings (SSSR count). The number of ether oxygens (including phenoxy) is 3. The SMILES string of the molecule is CCC1CCCC1OC(=O)C1C2CC3C1C(=O)OC3(COC(=O)C(C)(C)C)C2. The first-order valence-electron chi connectivity index (χ1n) is 10.8. The lowest BCUT2D eigenvalue weighted by molar-refractivity contribution is -0.169. The number of hydrogen-bond donors (Lipinski definition) is 0. The van der Waals surface area contributed by atoms with Crippen molar-refractivity contribution in [1.82, 2.24) is 0 Å². The molecule has 3 aliphatic carbocycles. The highest BCUT2D eigenvalue weighted by Crippen LogP contribution is 2.63. The van der Waals surface area contributed by atoms with Crippen LogP contribution in [-0.4, -0.2) is 36.2 Å². The van der Waals surface area contributed by atoms with Gasteiger partial charge in [-0.15, -0.1) is 0 Å². The van der Waals surface area contributed by atoms with E-state index in [1.54, 1.807) is 20.8 Å². The van der Waals surface area contributed by atoms with Crippen LogP contribution in [-0.2, 0) is 28.6 Å². The van der Waals surface area contributed by atoms with Crippen LogP contribution in [0.25, 0.3) is 0 Å². The minimum Gasteiger partial charge on any atom is -0.462 e. The Balaban J connectivity index is 1.44. The molecule has 1 heterocycles. The van der Waals surface area contributed by atoms with Crippen molar-refractivity contribution in [1.29, 1.82) is 0 Å². The first-order valence-corrected chi connectivity index (χ1v) is 10.8. The van der Waals surface area contributed by atoms with E-state index < -0.39 is 22.9 Å². The van der Waals surface area contributed by atoms with Crippen LogP contribution in [0.15, 0.2) is 0 Å². The molecule has 156 valence electrons. The Labute approximate surface area is 166 Å². The summed E-state index contributed by atoms with van der Waals surface area (Å²) in [6.07, 6.45) is 5.49. The summed E-state index contributed by atoms with van der Waals surface area (Å²) in [5, 5.41) is 0. The second-order valence-corrected chi connectivity index (χ2v) is 10.2. The van der Waals surface area contributed by atoms with Crippen molar-refractivity contribution in [3.8, 4) is 0 Å². The van der Waals surface area contributed by atoms with E-state index in [-0.39, 0.29) is 42.5 Å². The van der Waals surface area contributed by atoms with Gasteiger partial charge < -0.3 is 14.2 Å². The molecule has 28 heavy (non-hydrogen) atoms. The molecule has 7 unspecified atom stereocenters. The van der Waals surface area contributed by atoms with Crippen LogP contribution in [0.3, 0.4) is 0 Å². The van der Waals surface area contributed by atoms with Crippen molar-refractivity contribution >= 4 is 17.9 Å². The quantitative estimate of drug-likeness (QED) is 0.528. The molecule has 1 saturated heterocycles. The lowest BCUT2D eigenvalue weighted by Crippen LogP contribution is -2.44. The molecule has 0 N–H and O–H groups in total. The maximum absolute atomic E-state index is 13.0. The average Bonchev–Trinajstić information content (AvgIpc) is 3.33. The number of carbonyl (C=O) groups is 3. The Morgan fingerprint density at radius 3 is 2.68 bits per heavy atom. The molecule has 4 aliphatic rings. The molecule has 1 aliphatic heterocycles. The van der Waals surface area contributed by atoms with Crippen LogP contribution < -0.4 is 0 Å². The molecular weight excluding hydrogens is 360 g/mol. The van der Waals surface area contributed by atoms with Gasteiger partial charge in [0.15, 0.2) is 0 Å². The van der Waals surface area contributed by atoms with Gasteiger partial charge in [0, 0.05) is 5.92 Å². The van der Waals surface area contributed by atoms with E-state index in [9.17, 15) is 14.4 Å². The van der Waals surface area contributed by atoms with Crippen LogP contribution in [0.5, 0.6) is 0 Å². The van der Waals surface area contributed by atoms with E-state index in [4.69, 9.17) is 14.2 Å². The van der Waals surface area contributed by atoms with Gasteiger partial charge in [-0.25, -0.2) is 0 Å². The normalized spacial score (nSPS) is 41.2. The summed E-state index contributed by atoms with van der Waals surface area (Å²) in [4.78, 5) is 37.8. The van der Waals surface area contributed by atoms with Gasteiger partial charge in [0.25, 0.3) is 0 Å². The van der Waals surface area contributed by atoms with E-state index >= 15 is 0 Å². The zero-order valence-electron chi connectivity index (χ0n) is 17.4. The van der Waals surface area contributed by atoms with Gasteiger partial charge in [-0.2, -0.15) is 0 Å². The van der Waals surface area contributed by atoms with E-state index in [1.807, 2.05) is 0 Å². The lowest BCUT2D eigenvalue weighted by atomic mass is 9.74. The summed E-state index contributed by atoms with van der Waals surface area (Å²) < 4.78 is 17.2. The zero-order valence-corrected chi connectivity index (χ0v) is 17.4. The monoisotopic (exact) mass is 392 g/mol. The number of esters is 3. The van der Waals surface area contributed by atoms with E-state index in [1.165, 1.54) is 0 Å². The number of fused-ring (bicyclic) bond motifs is 1. The zero-order chi connectivity index (χ0) is 20.3. The molecule has 0 radical (unpaired) electrons. The van der Waals surface area contributed by atoms with Crippen LogP contribution in [0, 0.1) is 35.0 Å². The maximum Gasteiger partial charge on any atom is 0.311 e. The fourth-order valence-corrected chi connectivity index (χ4v) is 6.00. The summed E-state index contributed by atoms with van der Waals surface area (Å²) in [5.41, 5.74) is -1.34. The van der Waals surface area contributed by atoms with Gasteiger partial charge in [0.2, 0.25) is 0 Å². The molecule has 0 amide bonds. The lowest BCUT2D eigenvalue weighted by Gasteiger charge is -2.33. The van der Waals surface area contributed by atoms with Gasteiger partial charge in [-0.3, -0.25) is 14.4 Å². The molecule has 0 aromatic heterocycles. The van der Waals surface area contributed by atoms with E-state index in [0.717, 1.165) is 32.1 Å². The molecule has 3 saturated carbocycles. The summed E-state index contributed by atoms with van der Waals surface area (Å²) in [5.74, 6) is -1.23. The van der Waals surface area contributed by atoms with Crippen molar-refractivity contribution in [2.75, 3.05) is 6.61 Å². The van der Waals surface area contributed by atoms with Gasteiger partial charge in [0.1, 0.15) is 18.3 Å². The molecule has 0 aromatic rings. The Bertz CT molecular complexity index is 679. The minimum atomic E-state index is -0.747. The molecule has 4 fully saturated rings. The van der Waals surface area contributed by atoms with Crippen LogP contribution in [0.4, 0.5) is 0 Å². The number of hydrogen-bond acceptors (Lipinski definition) is 6. The third-order valence-corrected chi connectivity index (χ3v) is 7.46. The fraction of sp³-hybridized carbons (Fsp3) is 0.864. The van der Waals surface area contributed by atoms with Gasteiger partial charge in [-0.1, -0.05) is 6.92 Å². The van der Waals surface area contributed by atoms with Crippen molar-refractivity contribution in [3.05, 3.63) is 0 Å². The van der Waals surface area contributed by atoms with Gasteiger partial charge in [0.05, 0.1) is 17.3 Å². The van der Waals surface area contributed by atoms with Crippen molar-refractivity contribution in [2.24, 2.45) is 35.0 Å². The van der Waals surface area contributed by atoms with Crippen molar-refractivity contribution in [2.45, 2.75) is 77.9 Å². The molecule has 2 bridgehead atoms. The maximum atomic E-state index is 13.0. The minimum absolute atomic E-state index is 0.00783. The summed E-state index contributed by atoms with van der Waals surface area (Å²) in [6, 6.07) is 0. The predicted molar refractivity (Wildman–Crippen MR) is 99.9 cm³/mol. The molecule has 6 nitrogen and oxygen atoms in total. The van der Waals surface area contributed by atoms with Gasteiger partial charge in [-0.05, 0) is 71.1 Å². The molecule has 0 spiro atoms. The standard InChI is InChI=1S/C22H32O6/c1-5-12-7-6-8-15(12)27-18(23)16-13-9-14-17(16)19(24)28-22(14,10-13)11-26-20(25)21(2,3)4/h12-17H,5-11H2,1-4H3. The largest absolute Gasteiger partial charge is 0.462 e. The first-order chi connectivity index (χ1) is 13.2. The van der Waals surface area contributed by atoms with Gasteiger partial charge >= 0.3 is 17.9 Å². The van der Waals surface area contributed by atoms with Crippen LogP contribution in [0.1, 0.15) is 66.2 Å². The third-order valence-electron chi connectivity index (χ3n) is 7.46. The highest BCUT2D eigenvalue weighted by Gasteiger charge is 2.72. The predicted octanol–water partition coefficient (Wildman–Crippen LogP) is 3.27. The highest BCUT2D eigenvalue weighted by atomic mass is 16.6. The van der Waals surface area contributed by atoms with Crippen LogP contribution >= 0.6 is 0 Å². The number of carbonyl (C=O) groups excluding carboxylic acids is 3. The Morgan fingerprint density at radius 1 is 1.25 bits per heavy atom. The Kier molecular flexibility index (Phi) is 4.74. The van der Waals surface area contributed by atoms with Crippen LogP contribution in [0.2, 0.25) is 0 Å². The fourth-order valence-electron chi connectivity index (χ4n) is 6.00. The third kappa shape index (κ3) is 3.03. The van der Waals surface area contributed by atoms with Crippen molar-refractivity contribution in [3.63, 3.8) is 0 Å². The Morgan fingerprint density at radius 2 is 2.00 bits per heavy atom. The molecular formula is C22H32O6. The molecule has 0 aromatic carbocycles. The second-order valence-electron chi connectivity index (χ2n) is 10.2. The Hall–Kier alpha value is -1.59. The van der Waals surface area contributed by atoms with E-state index in [2.05, 4.69) is 6.92 Å². The van der Waals surface area contributed by atoms with E-state index in [0.29, 0.717) is 12.3 Å². The second kappa shape index (κ2) is 6.74. The first kappa shape index (κ1) is 19.7. The average molecular weight is 392 g/mol. The smallest absolute Gasteiger partial charge is 0.311 e. The summed E-state index contributed by atoms with van der Waals surface area (Å²) in [7, 11) is 0.